The fourth-order valence-corrected chi connectivity index (χ4v) is 1.56. The number of imidazole rings is 1. The molecule has 88 valence electrons. The van der Waals surface area contributed by atoms with Crippen LogP contribution in [0.25, 0.3) is 0 Å². The van der Waals surface area contributed by atoms with Crippen LogP contribution in [0.4, 0.5) is 5.69 Å². The summed E-state index contributed by atoms with van der Waals surface area (Å²) in [5.41, 5.74) is 1.99. The predicted octanol–water partition coefficient (Wildman–Crippen LogP) is 2.14. The normalized spacial score (nSPS) is 10.2. The number of anilines is 1. The van der Waals surface area contributed by atoms with Crippen LogP contribution in [0.3, 0.4) is 0 Å². The fourth-order valence-electron chi connectivity index (χ4n) is 1.56. The van der Waals surface area contributed by atoms with E-state index < -0.39 is 0 Å². The summed E-state index contributed by atoms with van der Waals surface area (Å²) < 4.78 is 1.81. The average molecular weight is 229 g/mol. The fraction of sp³-hybridized carbons (Fsp3) is 0.231. The quantitative estimate of drug-likeness (QED) is 0.876. The number of hydrogen-bond donors (Lipinski definition) is 1. The summed E-state index contributed by atoms with van der Waals surface area (Å²) >= 11 is 0. The first kappa shape index (κ1) is 11.4. The van der Waals surface area contributed by atoms with Crippen LogP contribution in [-0.4, -0.2) is 15.5 Å². The Labute approximate surface area is 100 Å². The van der Waals surface area contributed by atoms with Crippen LogP contribution in [0.2, 0.25) is 0 Å². The molecule has 4 heteroatoms. The van der Waals surface area contributed by atoms with Crippen molar-refractivity contribution in [1.29, 1.82) is 0 Å². The van der Waals surface area contributed by atoms with Crippen molar-refractivity contribution in [2.75, 3.05) is 5.32 Å². The van der Waals surface area contributed by atoms with Gasteiger partial charge in [-0.2, -0.15) is 0 Å². The molecular weight excluding hydrogens is 214 g/mol. The Balaban J connectivity index is 1.98. The monoisotopic (exact) mass is 229 g/mol. The first-order valence-corrected chi connectivity index (χ1v) is 5.49. The van der Waals surface area contributed by atoms with Crippen molar-refractivity contribution in [2.45, 2.75) is 20.4 Å². The van der Waals surface area contributed by atoms with Crippen LogP contribution in [0.5, 0.6) is 0 Å². The van der Waals surface area contributed by atoms with Gasteiger partial charge in [0.2, 0.25) is 5.91 Å². The molecular formula is C13H15N3O. The third-order valence-corrected chi connectivity index (χ3v) is 2.57. The number of rotatable bonds is 3. The molecule has 2 aromatic rings. The maximum Gasteiger partial charge on any atom is 0.244 e. The second kappa shape index (κ2) is 4.82. The van der Waals surface area contributed by atoms with Crippen LogP contribution in [-0.2, 0) is 11.3 Å². The summed E-state index contributed by atoms with van der Waals surface area (Å²) in [7, 11) is 0. The zero-order valence-electron chi connectivity index (χ0n) is 9.97. The van der Waals surface area contributed by atoms with Gasteiger partial charge in [0.25, 0.3) is 0 Å². The van der Waals surface area contributed by atoms with E-state index in [0.717, 1.165) is 11.5 Å². The van der Waals surface area contributed by atoms with Crippen LogP contribution in [0, 0.1) is 13.8 Å². The van der Waals surface area contributed by atoms with E-state index in [0.29, 0.717) is 6.54 Å². The van der Waals surface area contributed by atoms with Crippen molar-refractivity contribution in [2.24, 2.45) is 0 Å². The molecule has 0 bridgehead atoms. The second-order valence-electron chi connectivity index (χ2n) is 4.02. The lowest BCUT2D eigenvalue weighted by Crippen LogP contribution is -2.19. The van der Waals surface area contributed by atoms with Gasteiger partial charge >= 0.3 is 0 Å². The van der Waals surface area contributed by atoms with Gasteiger partial charge in [-0.25, -0.2) is 4.98 Å². The topological polar surface area (TPSA) is 46.9 Å². The smallest absolute Gasteiger partial charge is 0.244 e. The number of aromatic nitrogens is 2. The van der Waals surface area contributed by atoms with Crippen molar-refractivity contribution < 1.29 is 4.79 Å². The maximum absolute atomic E-state index is 11.8. The molecule has 2 rings (SSSR count). The van der Waals surface area contributed by atoms with E-state index in [9.17, 15) is 4.79 Å². The van der Waals surface area contributed by atoms with E-state index in [2.05, 4.69) is 10.3 Å². The molecule has 4 nitrogen and oxygen atoms in total. The lowest BCUT2D eigenvalue weighted by molar-refractivity contribution is -0.116. The zero-order chi connectivity index (χ0) is 12.3. The number of carbonyl (C=O) groups is 1. The second-order valence-corrected chi connectivity index (χ2v) is 4.02. The summed E-state index contributed by atoms with van der Waals surface area (Å²) in [6, 6.07) is 7.73. The highest BCUT2D eigenvalue weighted by molar-refractivity contribution is 5.90. The summed E-state index contributed by atoms with van der Waals surface area (Å²) in [6.07, 6.45) is 3.48. The molecule has 1 aromatic carbocycles. The van der Waals surface area contributed by atoms with E-state index in [1.807, 2.05) is 42.7 Å². The summed E-state index contributed by atoms with van der Waals surface area (Å²) in [4.78, 5) is 15.8. The standard InChI is InChI=1S/C13H15N3O/c1-10-3-5-12(6-4-10)15-13(17)9-16-8-7-14-11(16)2/h3-8H,9H2,1-2H3,(H,15,17). The SMILES string of the molecule is Cc1ccc(NC(=O)Cn2ccnc2C)cc1. The largest absolute Gasteiger partial charge is 0.326 e. The van der Waals surface area contributed by atoms with Gasteiger partial charge in [-0.15, -0.1) is 0 Å². The van der Waals surface area contributed by atoms with E-state index >= 15 is 0 Å². The van der Waals surface area contributed by atoms with Gasteiger partial charge in [0.1, 0.15) is 12.4 Å². The molecule has 0 fully saturated rings. The molecule has 0 atom stereocenters. The molecule has 1 aromatic heterocycles. The number of carbonyl (C=O) groups excluding carboxylic acids is 1. The minimum Gasteiger partial charge on any atom is -0.326 e. The Morgan fingerprint density at radius 3 is 2.59 bits per heavy atom. The Bertz CT molecular complexity index is 514. The van der Waals surface area contributed by atoms with Gasteiger partial charge in [0.15, 0.2) is 0 Å². The molecule has 0 aliphatic carbocycles. The number of benzene rings is 1. The predicted molar refractivity (Wildman–Crippen MR) is 66.8 cm³/mol. The highest BCUT2D eigenvalue weighted by atomic mass is 16.1. The minimum absolute atomic E-state index is 0.0463. The molecule has 0 aliphatic heterocycles. The maximum atomic E-state index is 11.8. The highest BCUT2D eigenvalue weighted by Crippen LogP contribution is 2.08. The molecule has 1 N–H and O–H groups in total. The first-order valence-electron chi connectivity index (χ1n) is 5.49. The van der Waals surface area contributed by atoms with E-state index in [4.69, 9.17) is 0 Å². The van der Waals surface area contributed by atoms with Crippen LogP contribution in [0.15, 0.2) is 36.7 Å². The van der Waals surface area contributed by atoms with E-state index in [1.165, 1.54) is 5.56 Å². The Morgan fingerprint density at radius 1 is 1.29 bits per heavy atom. The number of nitrogens with zero attached hydrogens (tertiary/aromatic N) is 2. The third kappa shape index (κ3) is 2.93. The number of amides is 1. The lowest BCUT2D eigenvalue weighted by Gasteiger charge is -2.07. The summed E-state index contributed by atoms with van der Waals surface area (Å²) in [6.45, 7) is 4.18. The molecule has 0 saturated heterocycles. The third-order valence-electron chi connectivity index (χ3n) is 2.57. The van der Waals surface area contributed by atoms with Crippen molar-refractivity contribution in [3.63, 3.8) is 0 Å². The molecule has 0 unspecified atom stereocenters. The molecule has 0 aliphatic rings. The van der Waals surface area contributed by atoms with E-state index in [-0.39, 0.29) is 5.91 Å². The molecule has 17 heavy (non-hydrogen) atoms. The Hall–Kier alpha value is -2.10. The summed E-state index contributed by atoms with van der Waals surface area (Å²) in [5, 5.41) is 2.85. The Morgan fingerprint density at radius 2 is 2.00 bits per heavy atom. The average Bonchev–Trinajstić information content (AvgIpc) is 2.68. The molecule has 1 amide bonds. The number of nitrogens with one attached hydrogen (secondary N) is 1. The van der Waals surface area contributed by atoms with Gasteiger partial charge in [-0.05, 0) is 26.0 Å². The van der Waals surface area contributed by atoms with Crippen molar-refractivity contribution in [3.05, 3.63) is 48.0 Å². The van der Waals surface area contributed by atoms with Crippen LogP contribution >= 0.6 is 0 Å². The van der Waals surface area contributed by atoms with Gasteiger partial charge in [-0.3, -0.25) is 4.79 Å². The summed E-state index contributed by atoms with van der Waals surface area (Å²) in [5.74, 6) is 0.791. The molecule has 0 saturated carbocycles. The van der Waals surface area contributed by atoms with Gasteiger partial charge in [0, 0.05) is 18.1 Å². The van der Waals surface area contributed by atoms with E-state index in [1.54, 1.807) is 12.4 Å². The Kier molecular flexibility index (Phi) is 3.23. The molecule has 0 radical (unpaired) electrons. The highest BCUT2D eigenvalue weighted by Gasteiger charge is 2.04. The van der Waals surface area contributed by atoms with Crippen molar-refractivity contribution in [1.82, 2.24) is 9.55 Å². The number of hydrogen-bond acceptors (Lipinski definition) is 2. The van der Waals surface area contributed by atoms with Gasteiger partial charge < -0.3 is 9.88 Å². The lowest BCUT2D eigenvalue weighted by atomic mass is 10.2. The molecule has 0 spiro atoms. The van der Waals surface area contributed by atoms with Crippen molar-refractivity contribution in [3.8, 4) is 0 Å². The van der Waals surface area contributed by atoms with Gasteiger partial charge in [-0.1, -0.05) is 17.7 Å². The van der Waals surface area contributed by atoms with Crippen LogP contribution < -0.4 is 5.32 Å². The van der Waals surface area contributed by atoms with Crippen molar-refractivity contribution >= 4 is 11.6 Å². The van der Waals surface area contributed by atoms with Crippen LogP contribution in [0.1, 0.15) is 11.4 Å². The molecule has 1 heterocycles. The number of aryl methyl sites for hydroxylation is 2. The first-order chi connectivity index (χ1) is 8.15. The minimum atomic E-state index is -0.0463. The zero-order valence-corrected chi connectivity index (χ0v) is 9.97. The van der Waals surface area contributed by atoms with Gasteiger partial charge in [0.05, 0.1) is 0 Å².